The van der Waals surface area contributed by atoms with Gasteiger partial charge in [-0.3, -0.25) is 4.57 Å². The molecule has 206 valence electrons. The zero-order valence-corrected chi connectivity index (χ0v) is 22.7. The number of halogens is 3. The third-order valence-electron chi connectivity index (χ3n) is 6.87. The molecular formula is C27H37F3NO4PS. The summed E-state index contributed by atoms with van der Waals surface area (Å²) in [7, 11) is -4.05. The van der Waals surface area contributed by atoms with Gasteiger partial charge in [-0.2, -0.15) is 0 Å². The van der Waals surface area contributed by atoms with Crippen molar-refractivity contribution >= 4 is 19.4 Å². The predicted octanol–water partition coefficient (Wildman–Crippen LogP) is 7.41. The number of alkyl halides is 3. The van der Waals surface area contributed by atoms with Crippen LogP contribution in [0.5, 0.6) is 5.75 Å². The maximum atomic E-state index is 13.0. The number of ether oxygens (including phenoxy) is 1. The Hall–Kier alpha value is -1.51. The van der Waals surface area contributed by atoms with Crippen LogP contribution >= 0.6 is 19.4 Å². The van der Waals surface area contributed by atoms with E-state index in [-0.39, 0.29) is 30.3 Å². The summed E-state index contributed by atoms with van der Waals surface area (Å²) >= 11 is 1.38. The summed E-state index contributed by atoms with van der Waals surface area (Å²) in [6, 6.07) is 15.5. The first-order valence-electron chi connectivity index (χ1n) is 12.9. The number of nitrogens with one attached hydrogen (secondary N) is 1. The van der Waals surface area contributed by atoms with Gasteiger partial charge in [-0.1, -0.05) is 62.1 Å². The Labute approximate surface area is 221 Å². The van der Waals surface area contributed by atoms with E-state index in [1.165, 1.54) is 55.5 Å². The van der Waals surface area contributed by atoms with Crippen LogP contribution in [0.1, 0.15) is 68.9 Å². The predicted molar refractivity (Wildman–Crippen MR) is 142 cm³/mol. The normalized spacial score (nSPS) is 16.0. The molecule has 1 aliphatic carbocycles. The molecule has 1 saturated carbocycles. The van der Waals surface area contributed by atoms with Gasteiger partial charge in [0.1, 0.15) is 5.75 Å². The van der Waals surface area contributed by atoms with Gasteiger partial charge >= 0.3 is 14.0 Å². The van der Waals surface area contributed by atoms with Gasteiger partial charge in [0.25, 0.3) is 0 Å². The lowest BCUT2D eigenvalue weighted by Gasteiger charge is -2.38. The number of rotatable bonds is 14. The minimum Gasteiger partial charge on any atom is -0.405 e. The van der Waals surface area contributed by atoms with Gasteiger partial charge in [0.2, 0.25) is 0 Å². The molecule has 0 radical (unpaired) electrons. The minimum absolute atomic E-state index is 0.208. The van der Waals surface area contributed by atoms with Gasteiger partial charge < -0.3 is 19.8 Å². The molecule has 2 aromatic rings. The molecule has 0 aromatic heterocycles. The Morgan fingerprint density at radius 1 is 1.00 bits per heavy atom. The first-order valence-corrected chi connectivity index (χ1v) is 15.7. The molecule has 0 amide bonds. The SMILES string of the molecule is O=P(O)(O)CCCNCc1ccc(SCCCCC2(c3ccccc3)CCCCC2)c(OC(F)(F)F)c1. The van der Waals surface area contributed by atoms with Crippen molar-refractivity contribution in [3.05, 3.63) is 59.7 Å². The Kier molecular flexibility index (Phi) is 11.4. The fraction of sp³-hybridized carbons (Fsp3) is 0.556. The lowest BCUT2D eigenvalue weighted by molar-refractivity contribution is -0.275. The van der Waals surface area contributed by atoms with Gasteiger partial charge in [-0.05, 0) is 73.1 Å². The topological polar surface area (TPSA) is 78.8 Å². The van der Waals surface area contributed by atoms with E-state index in [9.17, 15) is 17.7 Å². The van der Waals surface area contributed by atoms with Gasteiger partial charge in [-0.25, -0.2) is 0 Å². The summed E-state index contributed by atoms with van der Waals surface area (Å²) in [6.45, 7) is 0.628. The van der Waals surface area contributed by atoms with Crippen molar-refractivity contribution in [2.24, 2.45) is 0 Å². The lowest BCUT2D eigenvalue weighted by Crippen LogP contribution is -2.29. The van der Waals surface area contributed by atoms with E-state index in [0.29, 0.717) is 22.8 Å². The molecule has 2 aromatic carbocycles. The molecule has 5 nitrogen and oxygen atoms in total. The number of hydrogen-bond acceptors (Lipinski definition) is 4. The highest BCUT2D eigenvalue weighted by Gasteiger charge is 2.33. The largest absolute Gasteiger partial charge is 0.573 e. The third kappa shape index (κ3) is 10.6. The molecule has 3 N–H and O–H groups in total. The van der Waals surface area contributed by atoms with Crippen LogP contribution in [0.3, 0.4) is 0 Å². The van der Waals surface area contributed by atoms with Crippen LogP contribution in [0.2, 0.25) is 0 Å². The highest BCUT2D eigenvalue weighted by Crippen LogP contribution is 2.43. The maximum absolute atomic E-state index is 13.0. The standard InChI is InChI=1S/C27H37F3NO4PS/c28-27(29,30)35-24-20-22(21-31-17-9-18-36(32,33)34)12-13-25(24)37-19-8-7-16-26(14-5-2-6-15-26)23-10-3-1-4-11-23/h1,3-4,10-13,20,31H,2,5-9,14-19,21H2,(H2,32,33,34). The summed E-state index contributed by atoms with van der Waals surface area (Å²) in [4.78, 5) is 18.3. The van der Waals surface area contributed by atoms with Crippen molar-refractivity contribution in [1.82, 2.24) is 5.32 Å². The van der Waals surface area contributed by atoms with E-state index < -0.39 is 14.0 Å². The summed E-state index contributed by atoms with van der Waals surface area (Å²) in [5, 5.41) is 3.00. The van der Waals surface area contributed by atoms with Gasteiger partial charge in [0.05, 0.1) is 6.16 Å². The molecule has 37 heavy (non-hydrogen) atoms. The van der Waals surface area contributed by atoms with Crippen LogP contribution in [-0.2, 0) is 16.5 Å². The second kappa shape index (κ2) is 14.0. The highest BCUT2D eigenvalue weighted by atomic mass is 32.2. The summed E-state index contributed by atoms with van der Waals surface area (Å²) in [5.41, 5.74) is 2.24. The lowest BCUT2D eigenvalue weighted by atomic mass is 9.67. The van der Waals surface area contributed by atoms with Gasteiger partial charge in [0, 0.05) is 11.4 Å². The Morgan fingerprint density at radius 3 is 2.41 bits per heavy atom. The van der Waals surface area contributed by atoms with Crippen molar-refractivity contribution in [1.29, 1.82) is 0 Å². The van der Waals surface area contributed by atoms with E-state index in [4.69, 9.17) is 9.79 Å². The van der Waals surface area contributed by atoms with Crippen LogP contribution in [0, 0.1) is 0 Å². The zero-order chi connectivity index (χ0) is 26.8. The first-order chi connectivity index (χ1) is 17.6. The number of benzene rings is 2. The molecule has 0 unspecified atom stereocenters. The van der Waals surface area contributed by atoms with E-state index >= 15 is 0 Å². The maximum Gasteiger partial charge on any atom is 0.573 e. The van der Waals surface area contributed by atoms with Crippen molar-refractivity contribution < 1.29 is 32.3 Å². The van der Waals surface area contributed by atoms with Gasteiger partial charge in [0.15, 0.2) is 0 Å². The molecule has 0 atom stereocenters. The summed E-state index contributed by atoms with van der Waals surface area (Å²) in [6.07, 6.45) is 4.45. The van der Waals surface area contributed by atoms with E-state index in [2.05, 4.69) is 34.3 Å². The smallest absolute Gasteiger partial charge is 0.405 e. The van der Waals surface area contributed by atoms with Gasteiger partial charge in [-0.15, -0.1) is 24.9 Å². The number of hydrogen-bond donors (Lipinski definition) is 3. The fourth-order valence-electron chi connectivity index (χ4n) is 5.08. The summed E-state index contributed by atoms with van der Waals surface area (Å²) in [5.74, 6) is 0.499. The van der Waals surface area contributed by atoms with E-state index in [1.54, 1.807) is 12.1 Å². The number of thioether (sulfide) groups is 1. The average Bonchev–Trinajstić information content (AvgIpc) is 2.84. The van der Waals surface area contributed by atoms with Crippen LogP contribution in [0.25, 0.3) is 0 Å². The van der Waals surface area contributed by atoms with E-state index in [1.807, 2.05) is 6.07 Å². The molecule has 10 heteroatoms. The second-order valence-electron chi connectivity index (χ2n) is 9.76. The Morgan fingerprint density at radius 2 is 1.73 bits per heavy atom. The second-order valence-corrected chi connectivity index (χ2v) is 12.7. The van der Waals surface area contributed by atoms with Crippen molar-refractivity contribution in [3.8, 4) is 5.75 Å². The fourth-order valence-corrected chi connectivity index (χ4v) is 6.63. The molecule has 0 heterocycles. The average molecular weight is 560 g/mol. The Bertz CT molecular complexity index is 1010. The molecule has 0 saturated heterocycles. The number of unbranched alkanes of at least 4 members (excludes halogenated alkanes) is 1. The molecule has 1 aliphatic rings. The molecule has 1 fully saturated rings. The van der Waals surface area contributed by atoms with Crippen molar-refractivity contribution in [2.45, 2.75) is 81.0 Å². The molecule has 0 bridgehead atoms. The zero-order valence-electron chi connectivity index (χ0n) is 21.0. The highest BCUT2D eigenvalue weighted by molar-refractivity contribution is 7.99. The molecule has 0 aliphatic heterocycles. The molecule has 0 spiro atoms. The monoisotopic (exact) mass is 559 g/mol. The molecular weight excluding hydrogens is 522 g/mol. The Balaban J connectivity index is 1.53. The summed E-state index contributed by atoms with van der Waals surface area (Å²) < 4.78 is 54.4. The third-order valence-corrected chi connectivity index (χ3v) is 8.91. The van der Waals surface area contributed by atoms with Crippen LogP contribution < -0.4 is 10.1 Å². The molecule has 3 rings (SSSR count). The first kappa shape index (κ1) is 30.0. The minimum atomic E-state index is -4.78. The van der Waals surface area contributed by atoms with Crippen molar-refractivity contribution in [2.75, 3.05) is 18.5 Å². The van der Waals surface area contributed by atoms with E-state index in [0.717, 1.165) is 19.3 Å². The van der Waals surface area contributed by atoms with Crippen LogP contribution in [0.15, 0.2) is 53.4 Å². The van der Waals surface area contributed by atoms with Crippen LogP contribution in [0.4, 0.5) is 13.2 Å². The van der Waals surface area contributed by atoms with Crippen molar-refractivity contribution in [3.63, 3.8) is 0 Å². The van der Waals surface area contributed by atoms with Crippen LogP contribution in [-0.4, -0.2) is 34.6 Å². The quantitative estimate of drug-likeness (QED) is 0.127.